The number of hydrogen-bond donors (Lipinski definition) is 0. The molecule has 3 rings (SSSR count). The van der Waals surface area contributed by atoms with E-state index in [1.165, 1.54) is 37.6 Å². The van der Waals surface area contributed by atoms with E-state index in [9.17, 15) is 18.4 Å². The Balaban J connectivity index is 1.27. The fourth-order valence-corrected chi connectivity index (χ4v) is 4.71. The number of carbonyl (C=O) groups excluding carboxylic acids is 1. The lowest BCUT2D eigenvalue weighted by Crippen LogP contribution is -2.27. The number of halogens is 2. The molecule has 3 aromatic rings. The minimum absolute atomic E-state index is 0.0112. The third-order valence-electron chi connectivity index (χ3n) is 7.49. The standard InChI is InChI=1S/C34H45F2NO5/c1-24(2)16-17-34(3,4)33(39)41-19-13-11-9-7-5-6-8-10-12-18-40-31-21-25-20-28(32(38)42-30(25)23-37-31)27-15-14-26(35)22-29(27)36/h14-15,20-24H,5-13,16-19H2,1-4H3. The van der Waals surface area contributed by atoms with E-state index in [1.54, 1.807) is 6.07 Å². The minimum Gasteiger partial charge on any atom is -0.478 e. The van der Waals surface area contributed by atoms with E-state index in [0.29, 0.717) is 30.4 Å². The van der Waals surface area contributed by atoms with Gasteiger partial charge in [0.05, 0.1) is 30.4 Å². The molecule has 0 amide bonds. The molecule has 0 unspecified atom stereocenters. The van der Waals surface area contributed by atoms with Gasteiger partial charge in [-0.3, -0.25) is 4.79 Å². The number of fused-ring (bicyclic) bond motifs is 1. The molecular formula is C34H45F2NO5. The van der Waals surface area contributed by atoms with Crippen molar-refractivity contribution in [3.8, 4) is 17.0 Å². The van der Waals surface area contributed by atoms with E-state index < -0.39 is 22.7 Å². The van der Waals surface area contributed by atoms with Crippen LogP contribution in [0.15, 0.2) is 45.7 Å². The summed E-state index contributed by atoms with van der Waals surface area (Å²) in [6.07, 6.45) is 13.1. The van der Waals surface area contributed by atoms with Gasteiger partial charge in [0.2, 0.25) is 5.88 Å². The maximum Gasteiger partial charge on any atom is 0.344 e. The van der Waals surface area contributed by atoms with Gasteiger partial charge in [0.15, 0.2) is 5.58 Å². The van der Waals surface area contributed by atoms with Crippen LogP contribution < -0.4 is 10.4 Å². The number of hydrogen-bond acceptors (Lipinski definition) is 6. The summed E-state index contributed by atoms with van der Waals surface area (Å²) < 4.78 is 44.1. The number of ether oxygens (including phenoxy) is 2. The van der Waals surface area contributed by atoms with Crippen molar-refractivity contribution in [2.45, 2.75) is 98.3 Å². The van der Waals surface area contributed by atoms with Crippen molar-refractivity contribution in [3.05, 3.63) is 58.6 Å². The first-order valence-electron chi connectivity index (χ1n) is 15.3. The second-order valence-corrected chi connectivity index (χ2v) is 12.1. The van der Waals surface area contributed by atoms with Crippen LogP contribution in [0.1, 0.15) is 98.3 Å². The summed E-state index contributed by atoms with van der Waals surface area (Å²) in [5.74, 6) is -0.644. The van der Waals surface area contributed by atoms with E-state index in [4.69, 9.17) is 13.9 Å². The molecular weight excluding hydrogens is 540 g/mol. The van der Waals surface area contributed by atoms with Gasteiger partial charge in [0, 0.05) is 23.1 Å². The monoisotopic (exact) mass is 585 g/mol. The molecule has 2 heterocycles. The fourth-order valence-electron chi connectivity index (χ4n) is 4.71. The van der Waals surface area contributed by atoms with Crippen LogP contribution >= 0.6 is 0 Å². The van der Waals surface area contributed by atoms with Crippen LogP contribution in [0.3, 0.4) is 0 Å². The van der Waals surface area contributed by atoms with Gasteiger partial charge in [-0.1, -0.05) is 58.8 Å². The smallest absolute Gasteiger partial charge is 0.344 e. The number of nitrogens with zero attached hydrogens (tertiary/aromatic N) is 1. The number of carbonyl (C=O) groups is 1. The summed E-state index contributed by atoms with van der Waals surface area (Å²) in [7, 11) is 0. The Morgan fingerprint density at radius 3 is 2.19 bits per heavy atom. The molecule has 0 saturated carbocycles. The van der Waals surface area contributed by atoms with Gasteiger partial charge >= 0.3 is 11.6 Å². The third kappa shape index (κ3) is 10.5. The van der Waals surface area contributed by atoms with E-state index in [0.717, 1.165) is 63.5 Å². The van der Waals surface area contributed by atoms with Crippen molar-refractivity contribution in [3.63, 3.8) is 0 Å². The van der Waals surface area contributed by atoms with Crippen molar-refractivity contribution < 1.29 is 27.5 Å². The quantitative estimate of drug-likeness (QED) is 0.109. The predicted molar refractivity (Wildman–Crippen MR) is 161 cm³/mol. The Morgan fingerprint density at radius 1 is 0.905 bits per heavy atom. The molecule has 0 radical (unpaired) electrons. The second-order valence-electron chi connectivity index (χ2n) is 12.1. The normalized spacial score (nSPS) is 11.8. The molecule has 6 nitrogen and oxygen atoms in total. The summed E-state index contributed by atoms with van der Waals surface area (Å²) in [6, 6.07) is 6.21. The van der Waals surface area contributed by atoms with E-state index in [-0.39, 0.29) is 22.7 Å². The van der Waals surface area contributed by atoms with Gasteiger partial charge in [0.1, 0.15) is 11.6 Å². The topological polar surface area (TPSA) is 78.6 Å². The number of esters is 1. The fraction of sp³-hybridized carbons (Fsp3) is 0.559. The Kier molecular flexibility index (Phi) is 12.9. The number of aromatic nitrogens is 1. The van der Waals surface area contributed by atoms with Crippen LogP contribution in [0.5, 0.6) is 5.88 Å². The zero-order chi connectivity index (χ0) is 30.5. The maximum atomic E-state index is 14.2. The van der Waals surface area contributed by atoms with Crippen LogP contribution in [-0.2, 0) is 9.53 Å². The lowest BCUT2D eigenvalue weighted by molar-refractivity contribution is -0.154. The molecule has 230 valence electrons. The first kappa shape index (κ1) is 33.2. The first-order valence-corrected chi connectivity index (χ1v) is 15.3. The summed E-state index contributed by atoms with van der Waals surface area (Å²) >= 11 is 0. The van der Waals surface area contributed by atoms with Crippen LogP contribution in [0.2, 0.25) is 0 Å². The van der Waals surface area contributed by atoms with Crippen molar-refractivity contribution >= 4 is 16.9 Å². The van der Waals surface area contributed by atoms with Gasteiger partial charge in [-0.25, -0.2) is 18.6 Å². The molecule has 0 saturated heterocycles. The average molecular weight is 586 g/mol. The zero-order valence-corrected chi connectivity index (χ0v) is 25.5. The van der Waals surface area contributed by atoms with Gasteiger partial charge in [0.25, 0.3) is 0 Å². The molecule has 2 aromatic heterocycles. The average Bonchev–Trinajstić information content (AvgIpc) is 2.94. The second kappa shape index (κ2) is 16.4. The van der Waals surface area contributed by atoms with Gasteiger partial charge < -0.3 is 13.9 Å². The SMILES string of the molecule is CC(C)CCC(C)(C)C(=O)OCCCCCCCCCCCOc1cc2cc(-c3ccc(F)cc3F)c(=O)oc2cn1. The van der Waals surface area contributed by atoms with E-state index >= 15 is 0 Å². The Hall–Kier alpha value is -3.29. The summed E-state index contributed by atoms with van der Waals surface area (Å²) in [5, 5.41) is 0.543. The molecule has 0 atom stereocenters. The summed E-state index contributed by atoms with van der Waals surface area (Å²) in [5.41, 5.74) is -0.874. The van der Waals surface area contributed by atoms with Crippen LogP contribution in [-0.4, -0.2) is 24.2 Å². The Morgan fingerprint density at radius 2 is 1.55 bits per heavy atom. The van der Waals surface area contributed by atoms with E-state index in [2.05, 4.69) is 18.8 Å². The summed E-state index contributed by atoms with van der Waals surface area (Å²) in [6.45, 7) is 9.32. The molecule has 0 bridgehead atoms. The van der Waals surface area contributed by atoms with Crippen molar-refractivity contribution in [2.75, 3.05) is 13.2 Å². The highest BCUT2D eigenvalue weighted by molar-refractivity contribution is 5.82. The van der Waals surface area contributed by atoms with Crippen LogP contribution in [0.4, 0.5) is 8.78 Å². The molecule has 0 aliphatic rings. The van der Waals surface area contributed by atoms with Gasteiger partial charge in [-0.2, -0.15) is 0 Å². The number of rotatable bonds is 18. The van der Waals surface area contributed by atoms with Gasteiger partial charge in [-0.15, -0.1) is 0 Å². The highest BCUT2D eigenvalue weighted by Gasteiger charge is 2.29. The minimum atomic E-state index is -0.832. The Labute approximate surface area is 247 Å². The predicted octanol–water partition coefficient (Wildman–Crippen LogP) is 9.03. The van der Waals surface area contributed by atoms with Crippen molar-refractivity contribution in [2.24, 2.45) is 11.3 Å². The maximum absolute atomic E-state index is 14.2. The summed E-state index contributed by atoms with van der Waals surface area (Å²) in [4.78, 5) is 28.8. The third-order valence-corrected chi connectivity index (χ3v) is 7.49. The van der Waals surface area contributed by atoms with Crippen molar-refractivity contribution in [1.29, 1.82) is 0 Å². The molecule has 8 heteroatoms. The Bertz CT molecular complexity index is 1350. The molecule has 1 aromatic carbocycles. The molecule has 42 heavy (non-hydrogen) atoms. The highest BCUT2D eigenvalue weighted by atomic mass is 19.1. The molecule has 0 aliphatic carbocycles. The lowest BCUT2D eigenvalue weighted by atomic mass is 9.85. The van der Waals surface area contributed by atoms with E-state index in [1.807, 2.05) is 13.8 Å². The number of unbranched alkanes of at least 4 members (excludes halogenated alkanes) is 8. The highest BCUT2D eigenvalue weighted by Crippen LogP contribution is 2.27. The molecule has 0 aliphatic heterocycles. The number of pyridine rings is 1. The number of benzene rings is 1. The molecule has 0 spiro atoms. The van der Waals surface area contributed by atoms with Crippen molar-refractivity contribution in [1.82, 2.24) is 4.98 Å². The van der Waals surface area contributed by atoms with Gasteiger partial charge in [-0.05, 0) is 63.6 Å². The van der Waals surface area contributed by atoms with Crippen LogP contribution in [0.25, 0.3) is 22.1 Å². The van der Waals surface area contributed by atoms with Crippen LogP contribution in [0, 0.1) is 23.0 Å². The zero-order valence-electron chi connectivity index (χ0n) is 25.5. The first-order chi connectivity index (χ1) is 20.1. The largest absolute Gasteiger partial charge is 0.478 e. The lowest BCUT2D eigenvalue weighted by Gasteiger charge is -2.23. The molecule has 0 N–H and O–H groups in total. The molecule has 0 fully saturated rings.